The average molecular weight is 375 g/mol. The summed E-state index contributed by atoms with van der Waals surface area (Å²) >= 11 is 0. The second-order valence-electron chi connectivity index (χ2n) is 7.52. The van der Waals surface area contributed by atoms with Gasteiger partial charge < -0.3 is 5.11 Å². The lowest BCUT2D eigenvalue weighted by molar-refractivity contribution is 0.103. The van der Waals surface area contributed by atoms with E-state index in [2.05, 4.69) is 9.62 Å². The molecule has 2 fully saturated rings. The number of β-amino-alcohol motifs (C(OH)–C–C–N with tert-alkyl or cyclic N) is 1. The van der Waals surface area contributed by atoms with Crippen LogP contribution in [-0.2, 0) is 10.0 Å². The van der Waals surface area contributed by atoms with E-state index in [4.69, 9.17) is 0 Å². The number of hydrogen-bond donors (Lipinski definition) is 2. The molecule has 0 amide bonds. The highest BCUT2D eigenvalue weighted by atomic mass is 32.2. The van der Waals surface area contributed by atoms with Gasteiger partial charge in [0.25, 0.3) is 0 Å². The van der Waals surface area contributed by atoms with Crippen LogP contribution >= 0.6 is 0 Å². The van der Waals surface area contributed by atoms with Crippen LogP contribution in [0.15, 0.2) is 47.4 Å². The lowest BCUT2D eigenvalue weighted by atomic mass is 10.1. The summed E-state index contributed by atoms with van der Waals surface area (Å²) in [5.41, 5.74) is 0. The van der Waals surface area contributed by atoms with Gasteiger partial charge in [-0.2, -0.15) is 0 Å². The Kier molecular flexibility index (Phi) is 5.01. The molecule has 1 unspecified atom stereocenters. The van der Waals surface area contributed by atoms with Crippen molar-refractivity contribution in [1.82, 2.24) is 9.62 Å². The third kappa shape index (κ3) is 3.78. The molecule has 2 aromatic carbocycles. The lowest BCUT2D eigenvalue weighted by Gasteiger charge is -2.26. The summed E-state index contributed by atoms with van der Waals surface area (Å²) in [6.07, 6.45) is 4.28. The minimum Gasteiger partial charge on any atom is -0.390 e. The van der Waals surface area contributed by atoms with E-state index in [1.165, 1.54) is 25.7 Å². The van der Waals surface area contributed by atoms with Crippen molar-refractivity contribution in [2.45, 2.75) is 42.7 Å². The molecule has 0 spiro atoms. The first-order valence-corrected chi connectivity index (χ1v) is 10.9. The Morgan fingerprint density at radius 1 is 1.12 bits per heavy atom. The van der Waals surface area contributed by atoms with Crippen LogP contribution in [-0.4, -0.2) is 50.2 Å². The molecule has 6 heteroatoms. The molecule has 1 aliphatic heterocycles. The van der Waals surface area contributed by atoms with Crippen LogP contribution in [0.1, 0.15) is 25.7 Å². The zero-order valence-corrected chi connectivity index (χ0v) is 15.7. The molecular formula is C20H26N2O3S. The number of sulfonamides is 1. The molecule has 2 N–H and O–H groups in total. The molecule has 1 saturated heterocycles. The topological polar surface area (TPSA) is 69.6 Å². The highest BCUT2D eigenvalue weighted by Crippen LogP contribution is 2.40. The average Bonchev–Trinajstić information content (AvgIpc) is 3.39. The quantitative estimate of drug-likeness (QED) is 0.781. The number of nitrogens with one attached hydrogen (secondary N) is 1. The van der Waals surface area contributed by atoms with Crippen LogP contribution in [0.25, 0.3) is 10.8 Å². The predicted octanol–water partition coefficient (Wildman–Crippen LogP) is 2.35. The molecule has 0 radical (unpaired) electrons. The van der Waals surface area contributed by atoms with Gasteiger partial charge in [-0.15, -0.1) is 0 Å². The summed E-state index contributed by atoms with van der Waals surface area (Å²) < 4.78 is 28.1. The van der Waals surface area contributed by atoms with E-state index in [1.54, 1.807) is 12.1 Å². The van der Waals surface area contributed by atoms with Crippen molar-refractivity contribution in [3.63, 3.8) is 0 Å². The first kappa shape index (κ1) is 17.9. The monoisotopic (exact) mass is 374 g/mol. The van der Waals surface area contributed by atoms with Crippen LogP contribution in [0.4, 0.5) is 0 Å². The Morgan fingerprint density at radius 2 is 1.88 bits per heavy atom. The van der Waals surface area contributed by atoms with E-state index < -0.39 is 16.1 Å². The van der Waals surface area contributed by atoms with Crippen molar-refractivity contribution >= 4 is 20.8 Å². The second-order valence-corrected chi connectivity index (χ2v) is 9.26. The van der Waals surface area contributed by atoms with Gasteiger partial charge in [-0.05, 0) is 49.6 Å². The van der Waals surface area contributed by atoms with E-state index in [9.17, 15) is 13.5 Å². The molecule has 1 aliphatic carbocycles. The van der Waals surface area contributed by atoms with Crippen molar-refractivity contribution in [2.75, 3.05) is 19.6 Å². The molecule has 2 aliphatic rings. The fourth-order valence-corrected chi connectivity index (χ4v) is 5.44. The van der Waals surface area contributed by atoms with Gasteiger partial charge in [0.05, 0.1) is 11.0 Å². The van der Waals surface area contributed by atoms with E-state index >= 15 is 0 Å². The number of aliphatic hydroxyl groups is 1. The Hall–Kier alpha value is -1.47. The van der Waals surface area contributed by atoms with Gasteiger partial charge in [0, 0.05) is 24.5 Å². The summed E-state index contributed by atoms with van der Waals surface area (Å²) in [5.74, 6) is 0.789. The summed E-state index contributed by atoms with van der Waals surface area (Å²) in [5, 5.41) is 12.0. The maximum Gasteiger partial charge on any atom is 0.241 e. The van der Waals surface area contributed by atoms with Gasteiger partial charge in [-0.25, -0.2) is 13.1 Å². The minimum absolute atomic E-state index is 0.0411. The highest BCUT2D eigenvalue weighted by molar-refractivity contribution is 7.89. The van der Waals surface area contributed by atoms with Crippen molar-refractivity contribution in [1.29, 1.82) is 0 Å². The number of rotatable bonds is 7. The fraction of sp³-hybridized carbons (Fsp3) is 0.500. The number of hydrogen-bond acceptors (Lipinski definition) is 4. The van der Waals surface area contributed by atoms with Crippen molar-refractivity contribution < 1.29 is 13.5 Å². The van der Waals surface area contributed by atoms with Gasteiger partial charge in [0.1, 0.15) is 0 Å². The Morgan fingerprint density at radius 3 is 2.69 bits per heavy atom. The highest BCUT2D eigenvalue weighted by Gasteiger charge is 2.38. The predicted molar refractivity (Wildman–Crippen MR) is 102 cm³/mol. The molecule has 4 rings (SSSR count). The van der Waals surface area contributed by atoms with Gasteiger partial charge in [-0.3, -0.25) is 4.90 Å². The molecule has 1 saturated carbocycles. The number of benzene rings is 2. The maximum absolute atomic E-state index is 12.7. The third-order valence-electron chi connectivity index (χ3n) is 5.57. The van der Waals surface area contributed by atoms with E-state index in [-0.39, 0.29) is 11.4 Å². The molecule has 5 nitrogen and oxygen atoms in total. The summed E-state index contributed by atoms with van der Waals surface area (Å²) in [6.45, 7) is 1.59. The summed E-state index contributed by atoms with van der Waals surface area (Å²) in [7, 11) is -3.66. The van der Waals surface area contributed by atoms with Crippen LogP contribution in [0, 0.1) is 5.92 Å². The minimum atomic E-state index is -3.66. The molecular weight excluding hydrogens is 348 g/mol. The van der Waals surface area contributed by atoms with Crippen LogP contribution < -0.4 is 4.72 Å². The van der Waals surface area contributed by atoms with Crippen molar-refractivity contribution in [3.8, 4) is 0 Å². The fourth-order valence-electron chi connectivity index (χ4n) is 4.14. The summed E-state index contributed by atoms with van der Waals surface area (Å²) in [4.78, 5) is 2.61. The number of aliphatic hydroxyl groups excluding tert-OH is 1. The standard InChI is InChI=1S/C20H26N2O3S/c23-17(14-22-12-4-8-19(22)16-10-11-16)13-21-26(24,25)20-9-3-6-15-5-1-2-7-18(15)20/h1-3,5-7,9,16-17,19,21,23H,4,8,10-14H2/t17-,19?/m0/s1. The SMILES string of the molecule is O=S(=O)(NC[C@H](O)CN1CCCC1C1CC1)c1cccc2ccccc12. The first-order chi connectivity index (χ1) is 12.5. The lowest BCUT2D eigenvalue weighted by Crippen LogP contribution is -2.42. The molecule has 0 aromatic heterocycles. The van der Waals surface area contributed by atoms with E-state index in [0.717, 1.165) is 17.8 Å². The van der Waals surface area contributed by atoms with Crippen molar-refractivity contribution in [3.05, 3.63) is 42.5 Å². The Bertz CT molecular complexity index is 874. The first-order valence-electron chi connectivity index (χ1n) is 9.44. The van der Waals surface area contributed by atoms with Gasteiger partial charge in [-0.1, -0.05) is 36.4 Å². The van der Waals surface area contributed by atoms with Gasteiger partial charge >= 0.3 is 0 Å². The number of likely N-dealkylation sites (tertiary alicyclic amines) is 1. The Balaban J connectivity index is 1.41. The number of nitrogens with zero attached hydrogens (tertiary/aromatic N) is 1. The zero-order valence-electron chi connectivity index (χ0n) is 14.8. The van der Waals surface area contributed by atoms with Gasteiger partial charge in [0.15, 0.2) is 0 Å². The molecule has 26 heavy (non-hydrogen) atoms. The summed E-state index contributed by atoms with van der Waals surface area (Å²) in [6, 6.07) is 13.3. The van der Waals surface area contributed by atoms with E-state index in [1.807, 2.05) is 30.3 Å². The molecule has 2 atom stereocenters. The molecule has 140 valence electrons. The normalized spacial score (nSPS) is 22.7. The largest absolute Gasteiger partial charge is 0.390 e. The zero-order chi connectivity index (χ0) is 18.1. The second kappa shape index (κ2) is 7.27. The van der Waals surface area contributed by atoms with Crippen LogP contribution in [0.2, 0.25) is 0 Å². The maximum atomic E-state index is 12.7. The number of fused-ring (bicyclic) bond motifs is 1. The van der Waals surface area contributed by atoms with Crippen molar-refractivity contribution in [2.24, 2.45) is 5.92 Å². The van der Waals surface area contributed by atoms with Crippen LogP contribution in [0.3, 0.4) is 0 Å². The smallest absolute Gasteiger partial charge is 0.241 e. The molecule has 2 aromatic rings. The molecule has 0 bridgehead atoms. The van der Waals surface area contributed by atoms with E-state index in [0.29, 0.717) is 18.0 Å². The van der Waals surface area contributed by atoms with Crippen LogP contribution in [0.5, 0.6) is 0 Å². The van der Waals surface area contributed by atoms with Gasteiger partial charge in [0.2, 0.25) is 10.0 Å². The third-order valence-corrected chi connectivity index (χ3v) is 7.06. The Labute approximate surface area is 155 Å². The molecule has 1 heterocycles.